The Labute approximate surface area is 107 Å². The van der Waals surface area contributed by atoms with Gasteiger partial charge < -0.3 is 4.74 Å². The third-order valence-electron chi connectivity index (χ3n) is 1.91. The van der Waals surface area contributed by atoms with Gasteiger partial charge in [-0.2, -0.15) is 8.42 Å². The fourth-order valence-electron chi connectivity index (χ4n) is 1.27. The Morgan fingerprint density at radius 1 is 1.17 bits per heavy atom. The van der Waals surface area contributed by atoms with E-state index in [0.29, 0.717) is 0 Å². The molecule has 1 aromatic rings. The van der Waals surface area contributed by atoms with Crippen LogP contribution in [0.4, 0.5) is 0 Å². The van der Waals surface area contributed by atoms with Gasteiger partial charge in [-0.3, -0.25) is 4.84 Å². The maximum Gasteiger partial charge on any atom is 0.290 e. The highest BCUT2D eigenvalue weighted by Gasteiger charge is 2.10. The number of pyridine rings is 1. The van der Waals surface area contributed by atoms with Gasteiger partial charge in [-0.1, -0.05) is 0 Å². The van der Waals surface area contributed by atoms with Gasteiger partial charge in [-0.15, -0.1) is 4.33 Å². The maximum absolute atomic E-state index is 9.53. The summed E-state index contributed by atoms with van der Waals surface area (Å²) in [5.74, 6) is 0.920. The van der Waals surface area contributed by atoms with Gasteiger partial charge in [0.15, 0.2) is 0 Å². The molecule has 0 fully saturated rings. The van der Waals surface area contributed by atoms with E-state index in [0.717, 1.165) is 23.1 Å². The Hall–Kier alpha value is -1.38. The van der Waals surface area contributed by atoms with Crippen molar-refractivity contribution in [2.45, 2.75) is 13.8 Å². The van der Waals surface area contributed by atoms with E-state index in [2.05, 4.69) is 4.33 Å². The van der Waals surface area contributed by atoms with E-state index in [-0.39, 0.29) is 0 Å². The van der Waals surface area contributed by atoms with Gasteiger partial charge in [0, 0.05) is 4.73 Å². The second-order valence-electron chi connectivity index (χ2n) is 3.48. The second kappa shape index (κ2) is 7.14. The average Bonchev–Trinajstić information content (AvgIpc) is 2.28. The molecular formula is C10H18NO6S+. The summed E-state index contributed by atoms with van der Waals surface area (Å²) in [6.07, 6.45) is 4.50. The molecule has 1 aromatic heterocycles. The van der Waals surface area contributed by atoms with E-state index in [1.165, 1.54) is 0 Å². The average molecular weight is 280 g/mol. The molecule has 0 amide bonds. The first kappa shape index (κ1) is 16.6. The lowest BCUT2D eigenvalue weighted by atomic mass is 10.2. The molecule has 0 unspecified atom stereocenters. The van der Waals surface area contributed by atoms with E-state index in [1.807, 2.05) is 26.2 Å². The summed E-state index contributed by atoms with van der Waals surface area (Å²) in [4.78, 5) is 5.04. The van der Waals surface area contributed by atoms with Crippen molar-refractivity contribution in [3.05, 3.63) is 23.5 Å². The molecule has 1 heterocycles. The van der Waals surface area contributed by atoms with Crippen molar-refractivity contribution in [2.75, 3.05) is 20.5 Å². The first-order chi connectivity index (χ1) is 8.25. The minimum atomic E-state index is -3.61. The largest absolute Gasteiger partial charge is 0.496 e. The third-order valence-corrected chi connectivity index (χ3v) is 2.18. The third kappa shape index (κ3) is 5.80. The van der Waals surface area contributed by atoms with Crippen molar-refractivity contribution in [2.24, 2.45) is 0 Å². The van der Waals surface area contributed by atoms with Gasteiger partial charge in [-0.25, -0.2) is 5.26 Å². The van der Waals surface area contributed by atoms with Crippen LogP contribution in [0.15, 0.2) is 12.4 Å². The van der Waals surface area contributed by atoms with E-state index < -0.39 is 10.1 Å². The first-order valence-corrected chi connectivity index (χ1v) is 6.70. The fraction of sp³-hybridized carbons (Fsp3) is 0.500. The summed E-state index contributed by atoms with van der Waals surface area (Å²) in [7, 11) is -0.303. The molecule has 0 saturated carbocycles. The maximum atomic E-state index is 9.53. The normalized spacial score (nSPS) is 10.3. The van der Waals surface area contributed by atoms with Crippen molar-refractivity contribution < 1.29 is 32.3 Å². The number of nitrogens with zero attached hydrogens (tertiary/aromatic N) is 1. The van der Waals surface area contributed by atoms with Crippen LogP contribution < -0.4 is 14.3 Å². The first-order valence-electron chi connectivity index (χ1n) is 4.89. The summed E-state index contributed by atoms with van der Waals surface area (Å²) in [6, 6.07) is 0. The topological polar surface area (TPSA) is 85.9 Å². The molecule has 8 heteroatoms. The van der Waals surface area contributed by atoms with Crippen molar-refractivity contribution in [3.8, 4) is 5.75 Å². The molecule has 0 radical (unpaired) electrons. The quantitative estimate of drug-likeness (QED) is 0.480. The number of ether oxygens (including phenoxy) is 1. The van der Waals surface area contributed by atoms with Crippen LogP contribution >= 0.6 is 0 Å². The van der Waals surface area contributed by atoms with Crippen LogP contribution in [0.2, 0.25) is 0 Å². The highest BCUT2D eigenvalue weighted by atomic mass is 32.2. The van der Waals surface area contributed by atoms with E-state index >= 15 is 0 Å². The van der Waals surface area contributed by atoms with Crippen LogP contribution in [-0.2, 0) is 14.5 Å². The molecule has 0 bridgehead atoms. The summed E-state index contributed by atoms with van der Waals surface area (Å²) >= 11 is 0. The Balaban J connectivity index is 0.000000411. The fourth-order valence-corrected chi connectivity index (χ4v) is 1.27. The van der Waals surface area contributed by atoms with E-state index in [1.54, 1.807) is 19.0 Å². The Morgan fingerprint density at radius 2 is 1.56 bits per heavy atom. The molecule has 0 saturated heterocycles. The second-order valence-corrected chi connectivity index (χ2v) is 5.04. The van der Waals surface area contributed by atoms with Gasteiger partial charge in [0.1, 0.15) is 12.9 Å². The number of hydrogen-bond donors (Lipinski definition) is 1. The minimum Gasteiger partial charge on any atom is -0.496 e. The molecule has 18 heavy (non-hydrogen) atoms. The van der Waals surface area contributed by atoms with Crippen molar-refractivity contribution >= 4 is 10.1 Å². The zero-order valence-electron chi connectivity index (χ0n) is 11.0. The Bertz CT molecular complexity index is 462. The van der Waals surface area contributed by atoms with Crippen molar-refractivity contribution in [1.29, 1.82) is 0 Å². The summed E-state index contributed by atoms with van der Waals surface area (Å²) < 4.78 is 28.8. The van der Waals surface area contributed by atoms with Crippen LogP contribution in [-0.4, -0.2) is 34.2 Å². The van der Waals surface area contributed by atoms with Crippen LogP contribution in [0.3, 0.4) is 0 Å². The molecule has 1 N–H and O–H groups in total. The lowest BCUT2D eigenvalue weighted by Gasteiger charge is -2.04. The molecule has 0 spiro atoms. The Kier molecular flexibility index (Phi) is 6.60. The number of aromatic nitrogens is 1. The van der Waals surface area contributed by atoms with Crippen LogP contribution in [0, 0.1) is 13.8 Å². The van der Waals surface area contributed by atoms with Gasteiger partial charge in [-0.05, 0) is 13.8 Å². The van der Waals surface area contributed by atoms with Crippen LogP contribution in [0.25, 0.3) is 0 Å². The minimum absolute atomic E-state index is 0.743. The monoisotopic (exact) mass is 280 g/mol. The van der Waals surface area contributed by atoms with Crippen LogP contribution in [0.1, 0.15) is 11.1 Å². The summed E-state index contributed by atoms with van der Waals surface area (Å²) in [5, 5.41) is 7.31. The highest BCUT2D eigenvalue weighted by Crippen LogP contribution is 2.18. The predicted molar refractivity (Wildman–Crippen MR) is 63.7 cm³/mol. The zero-order valence-corrected chi connectivity index (χ0v) is 11.8. The molecule has 7 nitrogen and oxygen atoms in total. The van der Waals surface area contributed by atoms with Gasteiger partial charge in [0.25, 0.3) is 10.1 Å². The molecule has 104 valence electrons. The molecule has 0 aromatic carbocycles. The number of rotatable bonds is 3. The molecule has 0 aliphatic carbocycles. The zero-order chi connectivity index (χ0) is 14.3. The molecule has 0 atom stereocenters. The van der Waals surface area contributed by atoms with E-state index in [4.69, 9.17) is 14.8 Å². The molecule has 1 rings (SSSR count). The lowest BCUT2D eigenvalue weighted by molar-refractivity contribution is -0.886. The van der Waals surface area contributed by atoms with Gasteiger partial charge >= 0.3 is 0 Å². The Morgan fingerprint density at radius 3 is 1.78 bits per heavy atom. The standard InChI is InChI=1S/C9H14NO2.CH4O4S/c1-7-5-10(12-4)6-8(2)9(7)11-3;1-6(3,4)5-2/h5-6H,1-4H3;2H,1H3/q+1;. The number of hydrogen-bond acceptors (Lipinski definition) is 6. The number of methoxy groups -OCH3 is 1. The predicted octanol–water partition coefficient (Wildman–Crippen LogP) is 0.0935. The summed E-state index contributed by atoms with van der Waals surface area (Å²) in [6.45, 7) is 3.97. The van der Waals surface area contributed by atoms with Crippen LogP contribution in [0.5, 0.6) is 5.75 Å². The van der Waals surface area contributed by atoms with Gasteiger partial charge in [0.2, 0.25) is 12.4 Å². The van der Waals surface area contributed by atoms with Crippen molar-refractivity contribution in [3.63, 3.8) is 0 Å². The highest BCUT2D eigenvalue weighted by molar-refractivity contribution is 7.85. The smallest absolute Gasteiger partial charge is 0.290 e. The van der Waals surface area contributed by atoms with E-state index in [9.17, 15) is 8.42 Å². The summed E-state index contributed by atoms with van der Waals surface area (Å²) in [5.41, 5.74) is 2.14. The van der Waals surface area contributed by atoms with Crippen molar-refractivity contribution in [1.82, 2.24) is 0 Å². The molecule has 0 aliphatic rings. The van der Waals surface area contributed by atoms with Gasteiger partial charge in [0.05, 0.1) is 24.5 Å². The number of aryl methyl sites for hydroxylation is 2. The molecular weight excluding hydrogens is 262 g/mol. The SMILES string of the molecule is COc1c(C)c[n+](OC)cc1C.CS(=O)(=O)OO. The lowest BCUT2D eigenvalue weighted by Crippen LogP contribution is -2.40. The molecule has 0 aliphatic heterocycles.